The smallest absolute Gasteiger partial charge is 0.226 e. The Morgan fingerprint density at radius 1 is 0.887 bits per heavy atom. The van der Waals surface area contributed by atoms with Crippen LogP contribution in [0.3, 0.4) is 0 Å². The van der Waals surface area contributed by atoms with Crippen molar-refractivity contribution in [3.8, 4) is 0 Å². The number of carbonyl (C=O) groups is 4. The second-order valence-corrected chi connectivity index (χ2v) is 17.5. The molecule has 302 valence electrons. The summed E-state index contributed by atoms with van der Waals surface area (Å²) in [7, 11) is 7.08. The summed E-state index contributed by atoms with van der Waals surface area (Å²) in [5.74, 6) is -0.412. The number of Topliss-reactive ketones (excluding diaryl/α,β-unsaturated/α-hetero) is 2. The van der Waals surface area contributed by atoms with Gasteiger partial charge in [-0.15, -0.1) is 0 Å². The first kappa shape index (κ1) is 46.5. The zero-order chi connectivity index (χ0) is 40.2. The van der Waals surface area contributed by atoms with E-state index in [9.17, 15) is 19.2 Å². The summed E-state index contributed by atoms with van der Waals surface area (Å²) in [6.07, 6.45) is 3.25. The van der Waals surface area contributed by atoms with Gasteiger partial charge in [0.2, 0.25) is 11.8 Å². The van der Waals surface area contributed by atoms with Gasteiger partial charge in [0.25, 0.3) is 0 Å². The maximum atomic E-state index is 14.4. The van der Waals surface area contributed by atoms with Gasteiger partial charge in [-0.05, 0) is 70.4 Å². The fourth-order valence-electron chi connectivity index (χ4n) is 8.30. The van der Waals surface area contributed by atoms with Crippen molar-refractivity contribution in [3.05, 3.63) is 35.9 Å². The van der Waals surface area contributed by atoms with Gasteiger partial charge in [0.05, 0.1) is 30.7 Å². The van der Waals surface area contributed by atoms with Crippen molar-refractivity contribution < 1.29 is 28.7 Å². The molecule has 1 aromatic carbocycles. The lowest BCUT2D eigenvalue weighted by Crippen LogP contribution is -2.54. The zero-order valence-electron chi connectivity index (χ0n) is 35.8. The van der Waals surface area contributed by atoms with Crippen molar-refractivity contribution in [2.75, 3.05) is 41.4 Å². The first-order chi connectivity index (χ1) is 24.8. The van der Waals surface area contributed by atoms with Crippen molar-refractivity contribution in [2.45, 2.75) is 144 Å². The predicted octanol–water partition coefficient (Wildman–Crippen LogP) is 7.34. The number of aryl methyl sites for hydroxylation is 1. The molecule has 1 aliphatic rings. The van der Waals surface area contributed by atoms with Crippen LogP contribution in [0.5, 0.6) is 0 Å². The number of hydrogen-bond donors (Lipinski definition) is 0. The highest BCUT2D eigenvalue weighted by molar-refractivity contribution is 5.90. The molecular formula is C44H75N3O6. The number of rotatable bonds is 22. The first-order valence-electron chi connectivity index (χ1n) is 20.2. The molecular weight excluding hydrogens is 666 g/mol. The van der Waals surface area contributed by atoms with E-state index in [4.69, 9.17) is 9.47 Å². The van der Waals surface area contributed by atoms with Gasteiger partial charge in [0, 0.05) is 70.5 Å². The lowest BCUT2D eigenvalue weighted by atomic mass is 9.83. The molecule has 2 amide bonds. The molecule has 1 fully saturated rings. The highest BCUT2D eigenvalue weighted by atomic mass is 16.5. The van der Waals surface area contributed by atoms with Crippen LogP contribution in [-0.4, -0.2) is 109 Å². The van der Waals surface area contributed by atoms with Crippen LogP contribution in [0, 0.1) is 35.5 Å². The standard InChI is InChI=1S/C44H75N3O6/c1-15-31(6)41(45(11)43(51)35(29(2)3)26-37(49)40(30(4)5)46(12)44(8,9)10)38(52-13)27-39(50)47-25-24-34(28-47)42(53-14)32(7)36(48)23-19-22-33-20-17-16-18-21-33/h16-18,20-21,29-32,34-35,38,40-42H,15,19,22-28H2,1-14H3/t31-,32-,34+,35-,38+,40-,41-,42+/m0/s1. The Hall–Kier alpha value is -2.62. The van der Waals surface area contributed by atoms with Gasteiger partial charge in [-0.3, -0.25) is 24.1 Å². The topological polar surface area (TPSA) is 96.5 Å². The number of likely N-dealkylation sites (N-methyl/N-ethyl adjacent to an activating group) is 2. The second kappa shape index (κ2) is 21.5. The number of nitrogens with zero attached hydrogens (tertiary/aromatic N) is 3. The van der Waals surface area contributed by atoms with Crippen LogP contribution < -0.4 is 0 Å². The Morgan fingerprint density at radius 3 is 2.02 bits per heavy atom. The van der Waals surface area contributed by atoms with Crippen LogP contribution >= 0.6 is 0 Å². The maximum Gasteiger partial charge on any atom is 0.226 e. The Labute approximate surface area is 322 Å². The summed E-state index contributed by atoms with van der Waals surface area (Å²) >= 11 is 0. The monoisotopic (exact) mass is 742 g/mol. The molecule has 9 heteroatoms. The third kappa shape index (κ3) is 13.0. The van der Waals surface area contributed by atoms with Crippen molar-refractivity contribution in [1.29, 1.82) is 0 Å². The first-order valence-corrected chi connectivity index (χ1v) is 20.2. The molecule has 0 N–H and O–H groups in total. The molecule has 9 nitrogen and oxygen atoms in total. The minimum absolute atomic E-state index is 0.0224. The number of likely N-dealkylation sites (tertiary alicyclic amines) is 1. The van der Waals surface area contributed by atoms with Gasteiger partial charge in [-0.25, -0.2) is 0 Å². The normalized spacial score (nSPS) is 19.2. The summed E-state index contributed by atoms with van der Waals surface area (Å²) in [5.41, 5.74) is 1.03. The minimum atomic E-state index is -0.521. The van der Waals surface area contributed by atoms with E-state index in [1.54, 1.807) is 19.1 Å². The molecule has 0 radical (unpaired) electrons. The summed E-state index contributed by atoms with van der Waals surface area (Å²) in [4.78, 5) is 61.2. The molecule has 0 unspecified atom stereocenters. The Morgan fingerprint density at radius 2 is 1.51 bits per heavy atom. The average molecular weight is 742 g/mol. The van der Waals surface area contributed by atoms with E-state index >= 15 is 0 Å². The zero-order valence-corrected chi connectivity index (χ0v) is 35.8. The number of hydrogen-bond acceptors (Lipinski definition) is 7. The van der Waals surface area contributed by atoms with E-state index < -0.39 is 12.0 Å². The number of benzene rings is 1. The number of amides is 2. The van der Waals surface area contributed by atoms with Crippen LogP contribution in [0.1, 0.15) is 113 Å². The number of carbonyl (C=O) groups excluding carboxylic acids is 4. The molecule has 1 heterocycles. The van der Waals surface area contributed by atoms with E-state index in [1.807, 2.05) is 58.0 Å². The lowest BCUT2D eigenvalue weighted by Gasteiger charge is -2.42. The molecule has 0 bridgehead atoms. The molecule has 1 aromatic rings. The highest BCUT2D eigenvalue weighted by Gasteiger charge is 2.42. The molecule has 0 spiro atoms. The molecule has 1 saturated heterocycles. The predicted molar refractivity (Wildman–Crippen MR) is 215 cm³/mol. The summed E-state index contributed by atoms with van der Waals surface area (Å²) in [6.45, 7) is 21.7. The molecule has 0 saturated carbocycles. The summed E-state index contributed by atoms with van der Waals surface area (Å²) in [6, 6.07) is 9.57. The third-order valence-electron chi connectivity index (χ3n) is 12.1. The van der Waals surface area contributed by atoms with Crippen LogP contribution in [0.15, 0.2) is 30.3 Å². The van der Waals surface area contributed by atoms with Gasteiger partial charge < -0.3 is 19.3 Å². The average Bonchev–Trinajstić information content (AvgIpc) is 3.59. The van der Waals surface area contributed by atoms with Gasteiger partial charge >= 0.3 is 0 Å². The van der Waals surface area contributed by atoms with Crippen LogP contribution in [0.2, 0.25) is 0 Å². The highest BCUT2D eigenvalue weighted by Crippen LogP contribution is 2.31. The van der Waals surface area contributed by atoms with E-state index in [0.717, 1.165) is 25.7 Å². The lowest BCUT2D eigenvalue weighted by molar-refractivity contribution is -0.148. The number of ketones is 2. The summed E-state index contributed by atoms with van der Waals surface area (Å²) < 4.78 is 12.0. The van der Waals surface area contributed by atoms with Gasteiger partial charge in [-0.1, -0.05) is 85.2 Å². The van der Waals surface area contributed by atoms with Crippen LogP contribution in [0.4, 0.5) is 0 Å². The van der Waals surface area contributed by atoms with Gasteiger partial charge in [0.1, 0.15) is 5.78 Å². The van der Waals surface area contributed by atoms with Crippen molar-refractivity contribution in [1.82, 2.24) is 14.7 Å². The fourth-order valence-corrected chi connectivity index (χ4v) is 8.30. The van der Waals surface area contributed by atoms with Crippen LogP contribution in [-0.2, 0) is 35.1 Å². The molecule has 53 heavy (non-hydrogen) atoms. The van der Waals surface area contributed by atoms with Gasteiger partial charge in [-0.2, -0.15) is 0 Å². The Kier molecular flexibility index (Phi) is 18.8. The Bertz CT molecular complexity index is 1290. The molecule has 0 aromatic heterocycles. The SMILES string of the molecule is CC[C@H](C)[C@@H]([C@@H](CC(=O)N1CC[C@@H]([C@H](OC)[C@@H](C)C(=O)CCCc2ccccc2)C1)OC)N(C)C(=O)[C@@H](CC(=O)[C@H](C(C)C)N(C)C(C)(C)C)C(C)C. The van der Waals surface area contributed by atoms with Crippen molar-refractivity contribution in [2.24, 2.45) is 35.5 Å². The fraction of sp³-hybridized carbons (Fsp3) is 0.773. The minimum Gasteiger partial charge on any atom is -0.380 e. The molecule has 2 rings (SSSR count). The van der Waals surface area contributed by atoms with Crippen molar-refractivity contribution >= 4 is 23.4 Å². The van der Waals surface area contributed by atoms with E-state index in [2.05, 4.69) is 65.5 Å². The van der Waals surface area contributed by atoms with E-state index in [0.29, 0.717) is 19.5 Å². The number of ether oxygens (including phenoxy) is 2. The number of methoxy groups -OCH3 is 2. The quantitative estimate of drug-likeness (QED) is 0.123. The molecule has 1 aliphatic heterocycles. The molecule has 0 aliphatic carbocycles. The maximum absolute atomic E-state index is 14.4. The van der Waals surface area contributed by atoms with E-state index in [1.165, 1.54) is 5.56 Å². The van der Waals surface area contributed by atoms with Crippen LogP contribution in [0.25, 0.3) is 0 Å². The summed E-state index contributed by atoms with van der Waals surface area (Å²) in [5, 5.41) is 0. The van der Waals surface area contributed by atoms with Crippen molar-refractivity contribution in [3.63, 3.8) is 0 Å². The largest absolute Gasteiger partial charge is 0.380 e. The molecule has 8 atom stereocenters. The third-order valence-corrected chi connectivity index (χ3v) is 12.1. The second-order valence-electron chi connectivity index (χ2n) is 17.5. The van der Waals surface area contributed by atoms with E-state index in [-0.39, 0.29) is 89.5 Å². The Balaban J connectivity index is 2.15. The van der Waals surface area contributed by atoms with Gasteiger partial charge in [0.15, 0.2) is 5.78 Å².